The average Bonchev–Trinajstić information content (AvgIpc) is 3.63. The van der Waals surface area contributed by atoms with E-state index in [0.29, 0.717) is 26.4 Å². The van der Waals surface area contributed by atoms with Gasteiger partial charge in [0.2, 0.25) is 0 Å². The minimum absolute atomic E-state index is 0.107. The summed E-state index contributed by atoms with van der Waals surface area (Å²) in [5, 5.41) is 0. The van der Waals surface area contributed by atoms with Crippen LogP contribution in [0.15, 0.2) is 91.0 Å². The average molecular weight is 433 g/mol. The van der Waals surface area contributed by atoms with Crippen LogP contribution in [0.5, 0.6) is 0 Å². The van der Waals surface area contributed by atoms with E-state index in [1.54, 1.807) is 0 Å². The summed E-state index contributed by atoms with van der Waals surface area (Å²) in [4.78, 5) is 0. The van der Waals surface area contributed by atoms with Crippen LogP contribution in [0.1, 0.15) is 16.7 Å². The van der Waals surface area contributed by atoms with Crippen LogP contribution in [-0.4, -0.2) is 37.3 Å². The van der Waals surface area contributed by atoms with Gasteiger partial charge in [-0.3, -0.25) is 0 Å². The van der Waals surface area contributed by atoms with Crippen molar-refractivity contribution in [3.63, 3.8) is 0 Å². The molecule has 5 atom stereocenters. The van der Waals surface area contributed by atoms with Gasteiger partial charge in [-0.15, -0.1) is 0 Å². The highest BCUT2D eigenvalue weighted by molar-refractivity contribution is 5.15. The molecule has 0 saturated carbocycles. The summed E-state index contributed by atoms with van der Waals surface area (Å²) in [5.41, 5.74) is 3.36. The van der Waals surface area contributed by atoms with E-state index >= 15 is 0 Å². The van der Waals surface area contributed by atoms with Gasteiger partial charge in [0.05, 0.1) is 26.4 Å². The zero-order valence-electron chi connectivity index (χ0n) is 17.9. The molecule has 0 radical (unpaired) electrons. The van der Waals surface area contributed by atoms with Gasteiger partial charge in [-0.05, 0) is 16.7 Å². The molecule has 2 aliphatic heterocycles. The Labute approximate surface area is 188 Å². The van der Waals surface area contributed by atoms with Crippen LogP contribution in [-0.2, 0) is 43.5 Å². The standard InChI is InChI=1S/C27H28O5/c1-4-10-20(11-5-1)16-28-19-23-24(29-17-21-12-6-2-7-13-21)25(26-27(31-23)32-26)30-18-22-14-8-3-9-15-22/h1-15,23-27H,16-19H2/t23?,24-,25?,26?,27?/m1/s1. The molecule has 3 aromatic carbocycles. The third-order valence-corrected chi connectivity index (χ3v) is 5.77. The van der Waals surface area contributed by atoms with Crippen LogP contribution in [0, 0.1) is 0 Å². The molecule has 166 valence electrons. The maximum absolute atomic E-state index is 6.37. The van der Waals surface area contributed by atoms with Crippen LogP contribution in [0.4, 0.5) is 0 Å². The van der Waals surface area contributed by atoms with Crippen molar-refractivity contribution in [3.05, 3.63) is 108 Å². The molecule has 0 aromatic heterocycles. The fraction of sp³-hybridized carbons (Fsp3) is 0.333. The predicted molar refractivity (Wildman–Crippen MR) is 120 cm³/mol. The van der Waals surface area contributed by atoms with E-state index in [9.17, 15) is 0 Å². The minimum Gasteiger partial charge on any atom is -0.374 e. The van der Waals surface area contributed by atoms with Gasteiger partial charge in [-0.25, -0.2) is 0 Å². The fourth-order valence-corrected chi connectivity index (χ4v) is 4.03. The Balaban J connectivity index is 1.26. The van der Waals surface area contributed by atoms with E-state index in [4.69, 9.17) is 23.7 Å². The van der Waals surface area contributed by atoms with Crippen LogP contribution in [0.3, 0.4) is 0 Å². The molecule has 0 bridgehead atoms. The summed E-state index contributed by atoms with van der Waals surface area (Å²) in [6, 6.07) is 30.4. The quantitative estimate of drug-likeness (QED) is 0.442. The number of ether oxygens (including phenoxy) is 5. The number of epoxide rings is 1. The van der Waals surface area contributed by atoms with Gasteiger partial charge in [0, 0.05) is 0 Å². The van der Waals surface area contributed by atoms with Crippen molar-refractivity contribution in [1.82, 2.24) is 0 Å². The molecule has 32 heavy (non-hydrogen) atoms. The van der Waals surface area contributed by atoms with E-state index in [2.05, 4.69) is 36.4 Å². The lowest BCUT2D eigenvalue weighted by atomic mass is 10.0. The van der Waals surface area contributed by atoms with Crippen molar-refractivity contribution in [2.45, 2.75) is 50.5 Å². The maximum atomic E-state index is 6.37. The SMILES string of the molecule is c1ccc(COCC2OC3OC3C(OCc3ccccc3)[C@@H]2OCc2ccccc2)cc1. The summed E-state index contributed by atoms with van der Waals surface area (Å²) in [5.74, 6) is 0. The molecule has 0 amide bonds. The third-order valence-electron chi connectivity index (χ3n) is 5.77. The van der Waals surface area contributed by atoms with Crippen molar-refractivity contribution >= 4 is 0 Å². The van der Waals surface area contributed by atoms with Gasteiger partial charge in [0.15, 0.2) is 6.29 Å². The summed E-state index contributed by atoms with van der Waals surface area (Å²) in [6.45, 7) is 1.91. The highest BCUT2D eigenvalue weighted by Crippen LogP contribution is 2.39. The summed E-state index contributed by atoms with van der Waals surface area (Å²) in [6.07, 6.45) is -1.14. The topological polar surface area (TPSA) is 49.5 Å². The van der Waals surface area contributed by atoms with Crippen LogP contribution < -0.4 is 0 Å². The second kappa shape index (κ2) is 10.4. The van der Waals surface area contributed by atoms with Crippen molar-refractivity contribution < 1.29 is 23.7 Å². The van der Waals surface area contributed by atoms with Crippen molar-refractivity contribution in [1.29, 1.82) is 0 Å². The first kappa shape index (κ1) is 21.3. The van der Waals surface area contributed by atoms with Crippen molar-refractivity contribution in [2.24, 2.45) is 0 Å². The normalized spacial score (nSPS) is 26.4. The van der Waals surface area contributed by atoms with Gasteiger partial charge >= 0.3 is 0 Å². The summed E-state index contributed by atoms with van der Waals surface area (Å²) in [7, 11) is 0. The smallest absolute Gasteiger partial charge is 0.187 e. The molecule has 5 heteroatoms. The Morgan fingerprint density at radius 2 is 1.06 bits per heavy atom. The van der Waals surface area contributed by atoms with Gasteiger partial charge in [0.25, 0.3) is 0 Å². The Morgan fingerprint density at radius 3 is 1.62 bits per heavy atom. The molecule has 5 rings (SSSR count). The molecule has 2 fully saturated rings. The number of benzene rings is 3. The zero-order chi connectivity index (χ0) is 21.6. The fourth-order valence-electron chi connectivity index (χ4n) is 4.03. The number of hydrogen-bond donors (Lipinski definition) is 0. The first-order valence-corrected chi connectivity index (χ1v) is 11.1. The van der Waals surface area contributed by atoms with Gasteiger partial charge in [-0.1, -0.05) is 91.0 Å². The molecular weight excluding hydrogens is 404 g/mol. The van der Waals surface area contributed by atoms with E-state index in [-0.39, 0.29) is 30.7 Å². The van der Waals surface area contributed by atoms with Gasteiger partial charge in [0.1, 0.15) is 24.4 Å². The molecule has 5 nitrogen and oxygen atoms in total. The van der Waals surface area contributed by atoms with E-state index in [0.717, 1.165) is 16.7 Å². The zero-order valence-corrected chi connectivity index (χ0v) is 17.9. The summed E-state index contributed by atoms with van der Waals surface area (Å²) < 4.78 is 30.6. The largest absolute Gasteiger partial charge is 0.374 e. The summed E-state index contributed by atoms with van der Waals surface area (Å²) >= 11 is 0. The van der Waals surface area contributed by atoms with Crippen LogP contribution >= 0.6 is 0 Å². The molecule has 2 heterocycles. The predicted octanol–water partition coefficient (Wildman–Crippen LogP) is 4.50. The van der Waals surface area contributed by atoms with Crippen molar-refractivity contribution in [3.8, 4) is 0 Å². The second-order valence-corrected chi connectivity index (χ2v) is 8.17. The second-order valence-electron chi connectivity index (χ2n) is 8.17. The highest BCUT2D eigenvalue weighted by atomic mass is 16.8. The molecular formula is C27H28O5. The van der Waals surface area contributed by atoms with E-state index < -0.39 is 0 Å². The first-order valence-electron chi connectivity index (χ1n) is 11.1. The van der Waals surface area contributed by atoms with E-state index in [1.807, 2.05) is 54.6 Å². The Hall–Kier alpha value is -2.54. The minimum atomic E-state index is -0.293. The van der Waals surface area contributed by atoms with Crippen LogP contribution in [0.25, 0.3) is 0 Å². The first-order chi connectivity index (χ1) is 15.9. The third kappa shape index (κ3) is 5.44. The monoisotopic (exact) mass is 432 g/mol. The number of rotatable bonds is 10. The highest BCUT2D eigenvalue weighted by Gasteiger charge is 2.58. The maximum Gasteiger partial charge on any atom is 0.187 e. The molecule has 2 saturated heterocycles. The lowest BCUT2D eigenvalue weighted by molar-refractivity contribution is -0.192. The van der Waals surface area contributed by atoms with Gasteiger partial charge < -0.3 is 23.7 Å². The number of fused-ring (bicyclic) bond motifs is 1. The lowest BCUT2D eigenvalue weighted by Gasteiger charge is -2.35. The Kier molecular flexibility index (Phi) is 6.92. The van der Waals surface area contributed by atoms with Crippen molar-refractivity contribution in [2.75, 3.05) is 6.61 Å². The molecule has 2 aliphatic rings. The van der Waals surface area contributed by atoms with Crippen LogP contribution in [0.2, 0.25) is 0 Å². The lowest BCUT2D eigenvalue weighted by Crippen LogP contribution is -2.52. The number of hydrogen-bond acceptors (Lipinski definition) is 5. The molecule has 0 spiro atoms. The molecule has 0 N–H and O–H groups in total. The molecule has 0 aliphatic carbocycles. The molecule has 3 aromatic rings. The Morgan fingerprint density at radius 1 is 0.562 bits per heavy atom. The molecule has 4 unspecified atom stereocenters. The Bertz CT molecular complexity index is 950. The van der Waals surface area contributed by atoms with E-state index in [1.165, 1.54) is 0 Å². The van der Waals surface area contributed by atoms with Gasteiger partial charge in [-0.2, -0.15) is 0 Å².